The molecule has 2 fully saturated rings. The van der Waals surface area contributed by atoms with Crippen LogP contribution in [0.4, 0.5) is 0 Å². The first-order chi connectivity index (χ1) is 30.5. The largest absolute Gasteiger partial charge is 0.462 e. The fourth-order valence-electron chi connectivity index (χ4n) is 7.60. The van der Waals surface area contributed by atoms with E-state index in [-0.39, 0.29) is 26.1 Å². The van der Waals surface area contributed by atoms with Gasteiger partial charge in [0.05, 0.1) is 19.8 Å². The van der Waals surface area contributed by atoms with Crippen LogP contribution in [0, 0.1) is 0 Å². The summed E-state index contributed by atoms with van der Waals surface area (Å²) < 4.78 is 33.4. The smallest absolute Gasteiger partial charge is 0.306 e. The third-order valence-electron chi connectivity index (χ3n) is 11.7. The standard InChI is InChI=1S/C48H86O15/c1-3-5-7-9-11-13-14-15-16-17-18-19-20-21-22-23-25-27-29-31-40(51)61-36(33-58-39(50)30-28-26-24-12-10-8-6-4-2)34-59-47-46(57)44(55)42(53)38(63-47)35-60-48-45(56)43(54)41(52)37(32-49)62-48/h11,13,15-16,36-38,41-49,52-57H,3-10,12,14,17-35H2,1-2H3/b13-11+,16-15+/t36-,37+,38+,41-,42-,43?,44?,45?,46?,47+,48+/m1/s1. The van der Waals surface area contributed by atoms with Gasteiger partial charge in [-0.1, -0.05) is 141 Å². The highest BCUT2D eigenvalue weighted by Crippen LogP contribution is 2.26. The van der Waals surface area contributed by atoms with Gasteiger partial charge in [-0.25, -0.2) is 0 Å². The van der Waals surface area contributed by atoms with Crippen LogP contribution >= 0.6 is 0 Å². The minimum absolute atomic E-state index is 0.162. The van der Waals surface area contributed by atoms with Gasteiger partial charge in [0, 0.05) is 12.8 Å². The third-order valence-corrected chi connectivity index (χ3v) is 11.7. The van der Waals surface area contributed by atoms with Gasteiger partial charge in [0.1, 0.15) is 55.4 Å². The molecule has 0 aromatic heterocycles. The molecule has 0 aromatic rings. The molecule has 2 saturated heterocycles. The summed E-state index contributed by atoms with van der Waals surface area (Å²) in [6.07, 6.45) is 18.0. The Morgan fingerprint density at radius 3 is 1.51 bits per heavy atom. The molecule has 0 aromatic carbocycles. The van der Waals surface area contributed by atoms with Gasteiger partial charge < -0.3 is 64.2 Å². The van der Waals surface area contributed by atoms with Crippen LogP contribution in [0.1, 0.15) is 174 Å². The van der Waals surface area contributed by atoms with Crippen molar-refractivity contribution in [1.29, 1.82) is 0 Å². The molecule has 2 rings (SSSR count). The van der Waals surface area contributed by atoms with E-state index in [1.165, 1.54) is 77.0 Å². The Labute approximate surface area is 377 Å². The Morgan fingerprint density at radius 2 is 0.952 bits per heavy atom. The van der Waals surface area contributed by atoms with Crippen molar-refractivity contribution in [1.82, 2.24) is 0 Å². The molecule has 0 bridgehead atoms. The Bertz CT molecular complexity index is 1200. The second kappa shape index (κ2) is 36.1. The van der Waals surface area contributed by atoms with Crippen molar-refractivity contribution in [2.45, 2.75) is 242 Å². The summed E-state index contributed by atoms with van der Waals surface area (Å²) in [7, 11) is 0. The van der Waals surface area contributed by atoms with E-state index in [2.05, 4.69) is 38.2 Å². The number of allylic oxidation sites excluding steroid dienone is 4. The van der Waals surface area contributed by atoms with E-state index in [1.807, 2.05) is 0 Å². The Hall–Kier alpha value is -2.02. The first-order valence-corrected chi connectivity index (χ1v) is 24.4. The first kappa shape index (κ1) is 57.1. The summed E-state index contributed by atoms with van der Waals surface area (Å²) in [4.78, 5) is 25.6. The van der Waals surface area contributed by atoms with Gasteiger partial charge >= 0.3 is 11.9 Å². The molecule has 0 radical (unpaired) electrons. The average Bonchev–Trinajstić information content (AvgIpc) is 3.28. The number of aliphatic hydroxyl groups excluding tert-OH is 7. The molecular weight excluding hydrogens is 817 g/mol. The number of rotatable bonds is 37. The summed E-state index contributed by atoms with van der Waals surface area (Å²) >= 11 is 0. The lowest BCUT2D eigenvalue weighted by Crippen LogP contribution is -2.61. The quantitative estimate of drug-likeness (QED) is 0.0216. The summed E-state index contributed by atoms with van der Waals surface area (Å²) in [6, 6.07) is 0. The molecule has 63 heavy (non-hydrogen) atoms. The van der Waals surface area contributed by atoms with Gasteiger partial charge in [-0.15, -0.1) is 0 Å². The monoisotopic (exact) mass is 903 g/mol. The van der Waals surface area contributed by atoms with Crippen molar-refractivity contribution < 1.29 is 73.8 Å². The molecule has 11 atom stereocenters. The predicted molar refractivity (Wildman–Crippen MR) is 238 cm³/mol. The molecule has 15 heteroatoms. The van der Waals surface area contributed by atoms with Gasteiger partial charge in [0.2, 0.25) is 0 Å². The van der Waals surface area contributed by atoms with E-state index < -0.39 is 92.7 Å². The van der Waals surface area contributed by atoms with Crippen LogP contribution in [-0.4, -0.2) is 142 Å². The minimum Gasteiger partial charge on any atom is -0.462 e. The zero-order valence-electron chi connectivity index (χ0n) is 38.6. The van der Waals surface area contributed by atoms with Gasteiger partial charge in [-0.2, -0.15) is 0 Å². The molecule has 0 amide bonds. The van der Waals surface area contributed by atoms with Crippen LogP contribution in [0.2, 0.25) is 0 Å². The Balaban J connectivity index is 1.79. The SMILES string of the molecule is CCCCC/C=C/C/C=C/CCCCCCCCCCCC(=O)O[C@H](COC(=O)CCCCCCCCCC)CO[C@H]1O[C@@H](CO[C@H]2O[C@@H](CO)[C@@H](O)C(O)C2O)[C@@H](O)C(O)C1O. The molecular formula is C48H86O15. The van der Waals surface area contributed by atoms with Gasteiger partial charge in [-0.05, 0) is 44.9 Å². The molecule has 0 spiro atoms. The van der Waals surface area contributed by atoms with Crippen molar-refractivity contribution in [2.75, 3.05) is 26.4 Å². The number of carbonyl (C=O) groups excluding carboxylic acids is 2. The molecule has 15 nitrogen and oxygen atoms in total. The fraction of sp³-hybridized carbons (Fsp3) is 0.875. The number of hydrogen-bond acceptors (Lipinski definition) is 15. The van der Waals surface area contributed by atoms with Crippen molar-refractivity contribution in [3.05, 3.63) is 24.3 Å². The number of esters is 2. The summed E-state index contributed by atoms with van der Waals surface area (Å²) in [6.45, 7) is 2.52. The van der Waals surface area contributed by atoms with E-state index >= 15 is 0 Å². The van der Waals surface area contributed by atoms with Crippen molar-refractivity contribution in [3.63, 3.8) is 0 Å². The molecule has 0 saturated carbocycles. The highest BCUT2D eigenvalue weighted by molar-refractivity contribution is 5.70. The highest BCUT2D eigenvalue weighted by atomic mass is 16.7. The maximum Gasteiger partial charge on any atom is 0.306 e. The lowest BCUT2D eigenvalue weighted by molar-refractivity contribution is -0.332. The summed E-state index contributed by atoms with van der Waals surface area (Å²) in [5.41, 5.74) is 0. The van der Waals surface area contributed by atoms with Crippen LogP contribution < -0.4 is 0 Å². The van der Waals surface area contributed by atoms with E-state index in [1.54, 1.807) is 0 Å². The maximum absolute atomic E-state index is 13.0. The van der Waals surface area contributed by atoms with E-state index in [0.29, 0.717) is 12.8 Å². The topological polar surface area (TPSA) is 231 Å². The first-order valence-electron chi connectivity index (χ1n) is 24.4. The molecule has 2 heterocycles. The molecule has 7 N–H and O–H groups in total. The Morgan fingerprint density at radius 1 is 0.508 bits per heavy atom. The average molecular weight is 903 g/mol. The number of carbonyl (C=O) groups is 2. The third kappa shape index (κ3) is 24.9. The second-order valence-electron chi connectivity index (χ2n) is 17.3. The number of ether oxygens (including phenoxy) is 6. The molecule has 2 aliphatic rings. The highest BCUT2D eigenvalue weighted by Gasteiger charge is 2.47. The fourth-order valence-corrected chi connectivity index (χ4v) is 7.60. The Kier molecular flexibility index (Phi) is 32.8. The second-order valence-corrected chi connectivity index (χ2v) is 17.3. The van der Waals surface area contributed by atoms with Crippen LogP contribution in [0.5, 0.6) is 0 Å². The van der Waals surface area contributed by atoms with Crippen LogP contribution in [0.3, 0.4) is 0 Å². The molecule has 2 aliphatic heterocycles. The summed E-state index contributed by atoms with van der Waals surface area (Å²) in [5.74, 6) is -0.931. The lowest BCUT2D eigenvalue weighted by atomic mass is 9.98. The van der Waals surface area contributed by atoms with Crippen molar-refractivity contribution >= 4 is 11.9 Å². The van der Waals surface area contributed by atoms with Gasteiger partial charge in [-0.3, -0.25) is 9.59 Å². The van der Waals surface area contributed by atoms with Crippen molar-refractivity contribution in [2.24, 2.45) is 0 Å². The van der Waals surface area contributed by atoms with Crippen LogP contribution in [0.25, 0.3) is 0 Å². The minimum atomic E-state index is -1.76. The van der Waals surface area contributed by atoms with Crippen LogP contribution in [0.15, 0.2) is 24.3 Å². The van der Waals surface area contributed by atoms with Crippen LogP contribution in [-0.2, 0) is 38.0 Å². The number of hydrogen-bond donors (Lipinski definition) is 7. The van der Waals surface area contributed by atoms with E-state index in [4.69, 9.17) is 28.4 Å². The lowest BCUT2D eigenvalue weighted by Gasteiger charge is -2.42. The van der Waals surface area contributed by atoms with Gasteiger partial charge in [0.15, 0.2) is 18.7 Å². The normalized spacial score (nSPS) is 27.0. The van der Waals surface area contributed by atoms with E-state index in [0.717, 1.165) is 57.8 Å². The van der Waals surface area contributed by atoms with Crippen molar-refractivity contribution in [3.8, 4) is 0 Å². The summed E-state index contributed by atoms with van der Waals surface area (Å²) in [5, 5.41) is 71.9. The molecule has 0 aliphatic carbocycles. The molecule has 4 unspecified atom stereocenters. The maximum atomic E-state index is 13.0. The molecule has 368 valence electrons. The number of unbranched alkanes of at least 4 members (excludes halogenated alkanes) is 19. The van der Waals surface area contributed by atoms with Gasteiger partial charge in [0.25, 0.3) is 0 Å². The van der Waals surface area contributed by atoms with E-state index in [9.17, 15) is 45.3 Å². The number of aliphatic hydroxyl groups is 7. The zero-order valence-corrected chi connectivity index (χ0v) is 38.6. The predicted octanol–water partition coefficient (Wildman–Crippen LogP) is 5.99. The zero-order chi connectivity index (χ0) is 46.1.